The lowest BCUT2D eigenvalue weighted by atomic mass is 10.0. The summed E-state index contributed by atoms with van der Waals surface area (Å²) in [5, 5.41) is 2.13. The van der Waals surface area contributed by atoms with Gasteiger partial charge in [0, 0.05) is 27.5 Å². The SMILES string of the molecule is Cc1cc(-c2nc(-c3ccccc3)nc(-c3ccccc3)n2)c2oc3c(-c4ccccc4)cccc3c2c1. The molecule has 180 valence electrons. The first-order valence-electron chi connectivity index (χ1n) is 12.6. The van der Waals surface area contributed by atoms with Crippen LogP contribution in [0.25, 0.3) is 67.2 Å². The molecule has 0 saturated heterocycles. The van der Waals surface area contributed by atoms with Crippen LogP contribution in [0.4, 0.5) is 0 Å². The molecule has 0 fully saturated rings. The van der Waals surface area contributed by atoms with Crippen molar-refractivity contribution in [2.45, 2.75) is 6.92 Å². The van der Waals surface area contributed by atoms with Gasteiger partial charge < -0.3 is 4.42 Å². The summed E-state index contributed by atoms with van der Waals surface area (Å²) in [7, 11) is 0. The summed E-state index contributed by atoms with van der Waals surface area (Å²) in [6.07, 6.45) is 0. The number of aromatic nitrogens is 3. The van der Waals surface area contributed by atoms with Gasteiger partial charge in [-0.15, -0.1) is 0 Å². The minimum atomic E-state index is 0.590. The van der Waals surface area contributed by atoms with Crippen LogP contribution in [0.5, 0.6) is 0 Å². The number of furan rings is 1. The van der Waals surface area contributed by atoms with Crippen LogP contribution in [0.3, 0.4) is 0 Å². The van der Waals surface area contributed by atoms with Gasteiger partial charge >= 0.3 is 0 Å². The normalized spacial score (nSPS) is 11.3. The van der Waals surface area contributed by atoms with Crippen molar-refractivity contribution in [3.63, 3.8) is 0 Å². The Balaban J connectivity index is 1.51. The van der Waals surface area contributed by atoms with E-state index in [1.165, 1.54) is 0 Å². The van der Waals surface area contributed by atoms with E-state index in [9.17, 15) is 0 Å². The lowest BCUT2D eigenvalue weighted by molar-refractivity contribution is 0.670. The summed E-state index contributed by atoms with van der Waals surface area (Å²) in [5.74, 6) is 1.85. The Morgan fingerprint density at radius 3 is 1.58 bits per heavy atom. The molecule has 7 rings (SSSR count). The van der Waals surface area contributed by atoms with Gasteiger partial charge in [-0.2, -0.15) is 0 Å². The molecule has 0 bridgehead atoms. The van der Waals surface area contributed by atoms with E-state index < -0.39 is 0 Å². The third kappa shape index (κ3) is 3.84. The Hall–Kier alpha value is -5.09. The molecule has 2 heterocycles. The van der Waals surface area contributed by atoms with Gasteiger partial charge in [-0.3, -0.25) is 0 Å². The summed E-state index contributed by atoms with van der Waals surface area (Å²) >= 11 is 0. The third-order valence-corrected chi connectivity index (χ3v) is 6.77. The Labute approximate surface area is 220 Å². The highest BCUT2D eigenvalue weighted by atomic mass is 16.3. The van der Waals surface area contributed by atoms with Crippen LogP contribution >= 0.6 is 0 Å². The Morgan fingerprint density at radius 2 is 0.974 bits per heavy atom. The van der Waals surface area contributed by atoms with Gasteiger partial charge in [0.05, 0.1) is 5.56 Å². The number of fused-ring (bicyclic) bond motifs is 3. The molecule has 0 aliphatic rings. The highest BCUT2D eigenvalue weighted by Crippen LogP contribution is 2.40. The van der Waals surface area contributed by atoms with Crippen LogP contribution in [0.2, 0.25) is 0 Å². The van der Waals surface area contributed by atoms with E-state index in [-0.39, 0.29) is 0 Å². The molecule has 0 aliphatic carbocycles. The molecule has 4 nitrogen and oxygen atoms in total. The molecule has 0 aliphatic heterocycles. The van der Waals surface area contributed by atoms with Crippen LogP contribution in [0.1, 0.15) is 5.56 Å². The molecule has 2 aromatic heterocycles. The average Bonchev–Trinajstić information content (AvgIpc) is 3.36. The number of hydrogen-bond donors (Lipinski definition) is 0. The molecule has 0 saturated carbocycles. The maximum atomic E-state index is 6.67. The van der Waals surface area contributed by atoms with Crippen LogP contribution in [0.15, 0.2) is 126 Å². The predicted octanol–water partition coefficient (Wildman–Crippen LogP) is 8.75. The number of rotatable bonds is 4. The molecule has 0 unspecified atom stereocenters. The molecule has 5 aromatic carbocycles. The topological polar surface area (TPSA) is 51.8 Å². The lowest BCUT2D eigenvalue weighted by Crippen LogP contribution is -2.00. The van der Waals surface area contributed by atoms with Crippen molar-refractivity contribution < 1.29 is 4.42 Å². The predicted molar refractivity (Wildman–Crippen MR) is 154 cm³/mol. The Kier molecular flexibility index (Phi) is 5.30. The fraction of sp³-hybridized carbons (Fsp3) is 0.0294. The van der Waals surface area contributed by atoms with Crippen molar-refractivity contribution in [3.8, 4) is 45.3 Å². The smallest absolute Gasteiger partial charge is 0.167 e. The van der Waals surface area contributed by atoms with Crippen LogP contribution in [-0.4, -0.2) is 15.0 Å². The van der Waals surface area contributed by atoms with E-state index >= 15 is 0 Å². The lowest BCUT2D eigenvalue weighted by Gasteiger charge is -2.09. The zero-order chi connectivity index (χ0) is 25.5. The largest absolute Gasteiger partial charge is 0.455 e. The van der Waals surface area contributed by atoms with E-state index in [0.717, 1.165) is 55.3 Å². The van der Waals surface area contributed by atoms with Gasteiger partial charge in [0.25, 0.3) is 0 Å². The second-order valence-corrected chi connectivity index (χ2v) is 9.38. The van der Waals surface area contributed by atoms with Gasteiger partial charge in [-0.1, -0.05) is 109 Å². The zero-order valence-electron chi connectivity index (χ0n) is 20.8. The Bertz CT molecular complexity index is 1850. The summed E-state index contributed by atoms with van der Waals surface area (Å²) in [6.45, 7) is 2.10. The maximum absolute atomic E-state index is 6.67. The second kappa shape index (κ2) is 9.09. The maximum Gasteiger partial charge on any atom is 0.167 e. The monoisotopic (exact) mass is 489 g/mol. The summed E-state index contributed by atoms with van der Waals surface area (Å²) in [4.78, 5) is 14.8. The fourth-order valence-electron chi connectivity index (χ4n) is 4.98. The van der Waals surface area contributed by atoms with E-state index in [4.69, 9.17) is 19.4 Å². The Morgan fingerprint density at radius 1 is 0.447 bits per heavy atom. The average molecular weight is 490 g/mol. The summed E-state index contributed by atoms with van der Waals surface area (Å²) in [6, 6.07) is 41.0. The molecule has 38 heavy (non-hydrogen) atoms. The molecule has 0 spiro atoms. The van der Waals surface area contributed by atoms with Crippen LogP contribution < -0.4 is 0 Å². The minimum absolute atomic E-state index is 0.590. The second-order valence-electron chi connectivity index (χ2n) is 9.38. The van der Waals surface area contributed by atoms with Gasteiger partial charge in [0.15, 0.2) is 17.5 Å². The van der Waals surface area contributed by atoms with Crippen molar-refractivity contribution >= 4 is 21.9 Å². The van der Waals surface area contributed by atoms with E-state index in [1.54, 1.807) is 0 Å². The highest BCUT2D eigenvalue weighted by Gasteiger charge is 2.19. The van der Waals surface area contributed by atoms with E-state index in [0.29, 0.717) is 17.5 Å². The van der Waals surface area contributed by atoms with Gasteiger partial charge in [-0.25, -0.2) is 15.0 Å². The molecular weight excluding hydrogens is 466 g/mol. The van der Waals surface area contributed by atoms with E-state index in [1.807, 2.05) is 78.9 Å². The molecule has 4 heteroatoms. The van der Waals surface area contributed by atoms with Crippen molar-refractivity contribution in [2.75, 3.05) is 0 Å². The minimum Gasteiger partial charge on any atom is -0.455 e. The van der Waals surface area contributed by atoms with Crippen molar-refractivity contribution in [1.29, 1.82) is 0 Å². The first-order valence-corrected chi connectivity index (χ1v) is 12.6. The van der Waals surface area contributed by atoms with Crippen molar-refractivity contribution in [2.24, 2.45) is 0 Å². The van der Waals surface area contributed by atoms with Crippen molar-refractivity contribution in [1.82, 2.24) is 15.0 Å². The van der Waals surface area contributed by atoms with Crippen molar-refractivity contribution in [3.05, 3.63) is 127 Å². The standard InChI is InChI=1S/C34H23N3O/c1-22-20-28-27-19-11-18-26(23-12-5-2-6-13-23)30(27)38-31(28)29(21-22)34-36-32(24-14-7-3-8-15-24)35-33(37-34)25-16-9-4-10-17-25/h2-21H,1H3. The van der Waals surface area contributed by atoms with Gasteiger partial charge in [0.2, 0.25) is 0 Å². The number of aryl methyl sites for hydroxylation is 1. The fourth-order valence-corrected chi connectivity index (χ4v) is 4.98. The van der Waals surface area contributed by atoms with Gasteiger partial charge in [0.1, 0.15) is 11.2 Å². The molecule has 0 atom stereocenters. The molecule has 0 amide bonds. The first kappa shape index (κ1) is 22.1. The first-order chi connectivity index (χ1) is 18.7. The number of para-hydroxylation sites is 1. The summed E-state index contributed by atoms with van der Waals surface area (Å²) < 4.78 is 6.67. The molecule has 0 radical (unpaired) electrons. The van der Waals surface area contributed by atoms with Crippen LogP contribution in [-0.2, 0) is 0 Å². The highest BCUT2D eigenvalue weighted by molar-refractivity contribution is 6.13. The number of benzene rings is 5. The van der Waals surface area contributed by atoms with Crippen LogP contribution in [0, 0.1) is 6.92 Å². The molecule has 7 aromatic rings. The van der Waals surface area contributed by atoms with E-state index in [2.05, 4.69) is 49.4 Å². The quantitative estimate of drug-likeness (QED) is 0.248. The third-order valence-electron chi connectivity index (χ3n) is 6.77. The molecule has 0 N–H and O–H groups in total. The number of nitrogens with zero attached hydrogens (tertiary/aromatic N) is 3. The zero-order valence-corrected chi connectivity index (χ0v) is 20.8. The number of hydrogen-bond acceptors (Lipinski definition) is 4. The van der Waals surface area contributed by atoms with Gasteiger partial charge in [-0.05, 0) is 30.2 Å². The molecular formula is C34H23N3O. The summed E-state index contributed by atoms with van der Waals surface area (Å²) in [5.41, 5.74) is 7.66.